The molecule has 0 saturated carbocycles. The molecule has 0 aliphatic rings. The Hall–Kier alpha value is -3.96. The monoisotopic (exact) mass is 573 g/mol. The topological polar surface area (TPSA) is 26.0 Å². The molecular weight excluding hydrogens is 553 g/mol. The van der Waals surface area contributed by atoms with Crippen molar-refractivity contribution in [1.29, 1.82) is 0 Å². The fourth-order valence-corrected chi connectivity index (χ4v) is 5.25. The molecule has 0 spiro atoms. The second-order valence-electron chi connectivity index (χ2n) is 9.03. The van der Waals surface area contributed by atoms with Gasteiger partial charge in [0.1, 0.15) is 5.58 Å². The van der Waals surface area contributed by atoms with E-state index in [1.807, 2.05) is 12.1 Å². The van der Waals surface area contributed by atoms with E-state index < -0.39 is 0 Å². The third-order valence-corrected chi connectivity index (χ3v) is 7.54. The summed E-state index contributed by atoms with van der Waals surface area (Å²) < 4.78 is 7.13. The number of aromatic nitrogens is 1. The van der Waals surface area contributed by atoms with Crippen molar-refractivity contribution in [3.05, 3.63) is 125 Å². The first kappa shape index (κ1) is 21.3. The minimum absolute atomic E-state index is 0.682. The van der Waals surface area contributed by atoms with Gasteiger partial charge < -0.3 is 4.42 Å². The second kappa shape index (κ2) is 8.61. The molecule has 0 radical (unpaired) electrons. The van der Waals surface area contributed by atoms with Crippen molar-refractivity contribution in [2.45, 2.75) is 0 Å². The van der Waals surface area contributed by atoms with Gasteiger partial charge in [0.25, 0.3) is 0 Å². The fourth-order valence-electron chi connectivity index (χ4n) is 4.89. The predicted molar refractivity (Wildman–Crippen MR) is 158 cm³/mol. The maximum atomic E-state index is 5.89. The van der Waals surface area contributed by atoms with Crippen molar-refractivity contribution < 1.29 is 4.42 Å². The molecule has 0 unspecified atom stereocenters. The summed E-state index contributed by atoms with van der Waals surface area (Å²) in [5.41, 5.74) is 8.80. The minimum Gasteiger partial charge on any atom is -0.438 e. The minimum atomic E-state index is 0.682. The van der Waals surface area contributed by atoms with Gasteiger partial charge >= 0.3 is 0 Å². The molecule has 0 atom stereocenters. The lowest BCUT2D eigenvalue weighted by molar-refractivity contribution is 0.654. The number of hydrogen-bond donors (Lipinski definition) is 0. The van der Waals surface area contributed by atoms with Crippen LogP contribution in [0.5, 0.6) is 0 Å². The predicted octanol–water partition coefficient (Wildman–Crippen LogP) is 9.74. The highest BCUT2D eigenvalue weighted by Gasteiger charge is 2.09. The summed E-state index contributed by atoms with van der Waals surface area (Å²) in [7, 11) is 0. The average Bonchev–Trinajstić information content (AvgIpc) is 3.31. The van der Waals surface area contributed by atoms with Crippen LogP contribution in [-0.4, -0.2) is 4.98 Å². The summed E-state index contributed by atoms with van der Waals surface area (Å²) in [6.45, 7) is 0. The molecule has 36 heavy (non-hydrogen) atoms. The Morgan fingerprint density at radius 1 is 0.500 bits per heavy atom. The third-order valence-electron chi connectivity index (χ3n) is 6.82. The van der Waals surface area contributed by atoms with E-state index in [0.717, 1.165) is 16.4 Å². The molecule has 7 aromatic rings. The average molecular weight is 573 g/mol. The van der Waals surface area contributed by atoms with Crippen LogP contribution in [0.15, 0.2) is 126 Å². The van der Waals surface area contributed by atoms with Crippen molar-refractivity contribution >= 4 is 55.4 Å². The van der Waals surface area contributed by atoms with Crippen LogP contribution in [0.4, 0.5) is 0 Å². The molecule has 170 valence electrons. The SMILES string of the molecule is Ic1ccc(-c2ccc3ccc(-c4ccc(-c5ccc6oc7ncccc7c6c5)cc4)cc3c2)cc1. The van der Waals surface area contributed by atoms with E-state index in [2.05, 4.69) is 131 Å². The molecule has 0 fully saturated rings. The number of halogens is 1. The first-order chi connectivity index (χ1) is 17.7. The molecule has 0 bridgehead atoms. The van der Waals surface area contributed by atoms with E-state index in [-0.39, 0.29) is 0 Å². The van der Waals surface area contributed by atoms with Gasteiger partial charge in [0.2, 0.25) is 5.71 Å². The van der Waals surface area contributed by atoms with E-state index in [4.69, 9.17) is 4.42 Å². The van der Waals surface area contributed by atoms with Gasteiger partial charge in [-0.15, -0.1) is 0 Å². The van der Waals surface area contributed by atoms with Crippen LogP contribution < -0.4 is 0 Å². The lowest BCUT2D eigenvalue weighted by Crippen LogP contribution is -1.83. The lowest BCUT2D eigenvalue weighted by Gasteiger charge is -2.09. The van der Waals surface area contributed by atoms with Crippen LogP contribution >= 0.6 is 22.6 Å². The Labute approximate surface area is 222 Å². The van der Waals surface area contributed by atoms with Crippen LogP contribution in [0.3, 0.4) is 0 Å². The summed E-state index contributed by atoms with van der Waals surface area (Å²) in [4.78, 5) is 4.35. The molecule has 3 heteroatoms. The summed E-state index contributed by atoms with van der Waals surface area (Å²) >= 11 is 2.35. The largest absolute Gasteiger partial charge is 0.438 e. The first-order valence-electron chi connectivity index (χ1n) is 11.9. The summed E-state index contributed by atoms with van der Waals surface area (Å²) in [5.74, 6) is 0. The fraction of sp³-hybridized carbons (Fsp3) is 0. The normalized spacial score (nSPS) is 11.5. The molecule has 0 aliphatic heterocycles. The Bertz CT molecular complexity index is 1880. The number of benzene rings is 5. The Morgan fingerprint density at radius 3 is 1.72 bits per heavy atom. The van der Waals surface area contributed by atoms with Gasteiger partial charge in [-0.3, -0.25) is 0 Å². The van der Waals surface area contributed by atoms with Crippen molar-refractivity contribution in [2.75, 3.05) is 0 Å². The molecule has 2 aromatic heterocycles. The number of pyridine rings is 1. The molecular formula is C33H20INO. The van der Waals surface area contributed by atoms with Gasteiger partial charge in [-0.05, 0) is 115 Å². The van der Waals surface area contributed by atoms with Crippen molar-refractivity contribution in [3.8, 4) is 33.4 Å². The maximum Gasteiger partial charge on any atom is 0.227 e. The molecule has 0 amide bonds. The van der Waals surface area contributed by atoms with Gasteiger partial charge in [0.15, 0.2) is 0 Å². The number of hydrogen-bond acceptors (Lipinski definition) is 2. The quantitative estimate of drug-likeness (QED) is 0.197. The molecule has 0 aliphatic carbocycles. The second-order valence-corrected chi connectivity index (χ2v) is 10.3. The highest BCUT2D eigenvalue weighted by molar-refractivity contribution is 14.1. The van der Waals surface area contributed by atoms with E-state index in [0.29, 0.717) is 5.71 Å². The molecule has 0 N–H and O–H groups in total. The van der Waals surface area contributed by atoms with Crippen molar-refractivity contribution in [1.82, 2.24) is 4.98 Å². The Morgan fingerprint density at radius 2 is 1.06 bits per heavy atom. The Kier molecular flexibility index (Phi) is 5.10. The lowest BCUT2D eigenvalue weighted by atomic mass is 9.96. The van der Waals surface area contributed by atoms with E-state index in [1.54, 1.807) is 6.20 Å². The van der Waals surface area contributed by atoms with Crippen LogP contribution in [0.2, 0.25) is 0 Å². The third kappa shape index (κ3) is 3.76. The first-order valence-corrected chi connectivity index (χ1v) is 13.0. The zero-order valence-corrected chi connectivity index (χ0v) is 21.4. The zero-order chi connectivity index (χ0) is 24.1. The molecule has 7 rings (SSSR count). The summed E-state index contributed by atoms with van der Waals surface area (Å²) in [6.07, 6.45) is 1.76. The standard InChI is InChI=1S/C33H20INO/c34-29-14-11-23(12-15-29)26-10-8-24-7-9-25(18-28(24)19-26)21-3-5-22(6-4-21)27-13-16-32-31(20-27)30-2-1-17-35-33(30)36-32/h1-20H. The van der Waals surface area contributed by atoms with Gasteiger partial charge in [0.05, 0.1) is 0 Å². The Balaban J connectivity index is 1.23. The smallest absolute Gasteiger partial charge is 0.227 e. The molecule has 5 aromatic carbocycles. The van der Waals surface area contributed by atoms with Crippen LogP contribution in [0.1, 0.15) is 0 Å². The number of fused-ring (bicyclic) bond motifs is 4. The van der Waals surface area contributed by atoms with E-state index in [1.165, 1.54) is 47.7 Å². The molecule has 0 saturated heterocycles. The maximum absolute atomic E-state index is 5.89. The van der Waals surface area contributed by atoms with Gasteiger partial charge in [0, 0.05) is 20.5 Å². The van der Waals surface area contributed by atoms with Crippen LogP contribution in [0.25, 0.3) is 66.2 Å². The van der Waals surface area contributed by atoms with Crippen LogP contribution in [-0.2, 0) is 0 Å². The van der Waals surface area contributed by atoms with E-state index >= 15 is 0 Å². The number of furan rings is 1. The van der Waals surface area contributed by atoms with Crippen LogP contribution in [0, 0.1) is 3.57 Å². The molecule has 2 nitrogen and oxygen atoms in total. The van der Waals surface area contributed by atoms with Gasteiger partial charge in [-0.1, -0.05) is 66.7 Å². The van der Waals surface area contributed by atoms with Crippen molar-refractivity contribution in [2.24, 2.45) is 0 Å². The van der Waals surface area contributed by atoms with Gasteiger partial charge in [-0.2, -0.15) is 0 Å². The summed E-state index contributed by atoms with van der Waals surface area (Å²) in [5, 5.41) is 4.64. The number of nitrogens with zero attached hydrogens (tertiary/aromatic N) is 1. The van der Waals surface area contributed by atoms with Crippen molar-refractivity contribution in [3.63, 3.8) is 0 Å². The van der Waals surface area contributed by atoms with E-state index in [9.17, 15) is 0 Å². The highest BCUT2D eigenvalue weighted by atomic mass is 127. The molecule has 2 heterocycles. The zero-order valence-electron chi connectivity index (χ0n) is 19.3. The summed E-state index contributed by atoms with van der Waals surface area (Å²) in [6, 6.07) is 41.3. The number of rotatable bonds is 3. The highest BCUT2D eigenvalue weighted by Crippen LogP contribution is 2.33. The van der Waals surface area contributed by atoms with Gasteiger partial charge in [-0.25, -0.2) is 4.98 Å².